The normalized spacial score (nSPS) is 38.6. The lowest BCUT2D eigenvalue weighted by atomic mass is 9.88. The maximum Gasteiger partial charge on any atom is 0.243 e. The van der Waals surface area contributed by atoms with E-state index in [0.717, 1.165) is 13.0 Å². The molecule has 0 aliphatic carbocycles. The van der Waals surface area contributed by atoms with Gasteiger partial charge in [-0.15, -0.1) is 0 Å². The van der Waals surface area contributed by atoms with Gasteiger partial charge in [0.2, 0.25) is 11.8 Å². The van der Waals surface area contributed by atoms with E-state index >= 15 is 0 Å². The minimum atomic E-state index is -0.203. The highest BCUT2D eigenvalue weighted by Crippen LogP contribution is 2.22. The van der Waals surface area contributed by atoms with Crippen LogP contribution in [0.4, 0.5) is 0 Å². The summed E-state index contributed by atoms with van der Waals surface area (Å²) < 4.78 is 0. The van der Waals surface area contributed by atoms with E-state index in [-0.39, 0.29) is 17.9 Å². The molecular weight excluding hydrogens is 230 g/mol. The van der Waals surface area contributed by atoms with E-state index in [4.69, 9.17) is 0 Å². The monoisotopic (exact) mass is 253 g/mol. The van der Waals surface area contributed by atoms with Crippen molar-refractivity contribution in [2.24, 2.45) is 5.92 Å². The van der Waals surface area contributed by atoms with Crippen LogP contribution < -0.4 is 10.6 Å². The lowest BCUT2D eigenvalue weighted by molar-refractivity contribution is -0.135. The van der Waals surface area contributed by atoms with Crippen LogP contribution >= 0.6 is 0 Å². The van der Waals surface area contributed by atoms with Crippen molar-refractivity contribution in [2.45, 2.75) is 51.2 Å². The Bertz CT molecular complexity index is 345. The molecule has 0 bridgehead atoms. The van der Waals surface area contributed by atoms with Gasteiger partial charge in [0.15, 0.2) is 0 Å². The summed E-state index contributed by atoms with van der Waals surface area (Å²) in [4.78, 5) is 25.2. The summed E-state index contributed by atoms with van der Waals surface area (Å²) in [7, 11) is 2.14. The van der Waals surface area contributed by atoms with Crippen molar-refractivity contribution in [1.29, 1.82) is 0 Å². The van der Waals surface area contributed by atoms with Crippen LogP contribution in [0, 0.1) is 5.92 Å². The summed E-state index contributed by atoms with van der Waals surface area (Å²) in [6, 6.07) is 0.692. The van der Waals surface area contributed by atoms with Gasteiger partial charge < -0.3 is 10.2 Å². The van der Waals surface area contributed by atoms with Crippen LogP contribution in [-0.4, -0.2) is 48.4 Å². The molecule has 0 aromatic carbocycles. The molecule has 4 unspecified atom stereocenters. The Morgan fingerprint density at radius 2 is 2.06 bits per heavy atom. The number of carbonyl (C=O) groups excluding carboxylic acids is 2. The van der Waals surface area contributed by atoms with Crippen LogP contribution in [0.15, 0.2) is 0 Å². The van der Waals surface area contributed by atoms with E-state index in [0.29, 0.717) is 30.8 Å². The van der Waals surface area contributed by atoms with E-state index in [1.165, 1.54) is 0 Å². The Kier molecular flexibility index (Phi) is 4.02. The van der Waals surface area contributed by atoms with Crippen molar-refractivity contribution in [1.82, 2.24) is 15.5 Å². The summed E-state index contributed by atoms with van der Waals surface area (Å²) >= 11 is 0. The van der Waals surface area contributed by atoms with Gasteiger partial charge in [0.1, 0.15) is 0 Å². The number of amides is 2. The molecule has 0 spiro atoms. The van der Waals surface area contributed by atoms with Gasteiger partial charge in [-0.2, -0.15) is 0 Å². The lowest BCUT2D eigenvalue weighted by Gasteiger charge is -2.41. The molecule has 5 heteroatoms. The van der Waals surface area contributed by atoms with Gasteiger partial charge in [0, 0.05) is 25.0 Å². The number of imide groups is 1. The molecule has 2 saturated heterocycles. The summed E-state index contributed by atoms with van der Waals surface area (Å²) in [6.45, 7) is 5.48. The molecule has 102 valence electrons. The maximum atomic E-state index is 11.7. The topological polar surface area (TPSA) is 61.4 Å². The zero-order valence-electron chi connectivity index (χ0n) is 11.4. The molecule has 0 aromatic heterocycles. The average Bonchev–Trinajstić information content (AvgIpc) is 2.29. The van der Waals surface area contributed by atoms with Gasteiger partial charge >= 0.3 is 0 Å². The summed E-state index contributed by atoms with van der Waals surface area (Å²) in [5, 5.41) is 5.84. The first-order valence-electron chi connectivity index (χ1n) is 6.77. The van der Waals surface area contributed by atoms with Crippen LogP contribution in [0.3, 0.4) is 0 Å². The van der Waals surface area contributed by atoms with Crippen molar-refractivity contribution in [2.75, 3.05) is 13.6 Å². The molecular formula is C13H23N3O2. The first kappa shape index (κ1) is 13.5. The second-order valence-electron chi connectivity index (χ2n) is 5.78. The Balaban J connectivity index is 1.92. The number of rotatable bonds is 2. The van der Waals surface area contributed by atoms with Crippen LogP contribution in [0.2, 0.25) is 0 Å². The second-order valence-corrected chi connectivity index (χ2v) is 5.78. The highest BCUT2D eigenvalue weighted by Gasteiger charge is 2.34. The van der Waals surface area contributed by atoms with Gasteiger partial charge in [-0.1, -0.05) is 6.92 Å². The first-order valence-corrected chi connectivity index (χ1v) is 6.77. The second kappa shape index (κ2) is 5.36. The summed E-state index contributed by atoms with van der Waals surface area (Å²) in [5.74, 6) is 0.213. The summed E-state index contributed by atoms with van der Waals surface area (Å²) in [5.41, 5.74) is 0. The Labute approximate surface area is 108 Å². The molecule has 2 fully saturated rings. The fourth-order valence-corrected chi connectivity index (χ4v) is 2.88. The Hall–Kier alpha value is -0.940. The number of nitrogens with zero attached hydrogens (tertiary/aromatic N) is 1. The van der Waals surface area contributed by atoms with Crippen molar-refractivity contribution < 1.29 is 9.59 Å². The molecule has 0 radical (unpaired) electrons. The average molecular weight is 253 g/mol. The van der Waals surface area contributed by atoms with Crippen LogP contribution in [-0.2, 0) is 9.59 Å². The van der Waals surface area contributed by atoms with E-state index in [9.17, 15) is 9.59 Å². The van der Waals surface area contributed by atoms with E-state index in [2.05, 4.69) is 36.4 Å². The molecule has 5 nitrogen and oxygen atoms in total. The molecule has 0 saturated carbocycles. The minimum Gasteiger partial charge on any atom is -0.303 e. The van der Waals surface area contributed by atoms with Crippen LogP contribution in [0.25, 0.3) is 0 Å². The predicted octanol–water partition coefficient (Wildman–Crippen LogP) is 0.110. The fraction of sp³-hybridized carbons (Fsp3) is 0.846. The standard InChI is InChI=1S/C13H23N3O2/c1-8-7-16(3)9(2)6-11(8)14-10-4-5-12(17)15-13(10)18/h8-11,14H,4-7H2,1-3H3,(H,15,17,18). The molecule has 2 aliphatic rings. The number of likely N-dealkylation sites (tertiary alicyclic amines) is 1. The van der Waals surface area contributed by atoms with Crippen molar-refractivity contribution in [3.05, 3.63) is 0 Å². The molecule has 2 N–H and O–H groups in total. The molecule has 2 rings (SSSR count). The third kappa shape index (κ3) is 2.90. The Morgan fingerprint density at radius 3 is 2.72 bits per heavy atom. The van der Waals surface area contributed by atoms with Gasteiger partial charge in [-0.05, 0) is 32.7 Å². The van der Waals surface area contributed by atoms with Crippen molar-refractivity contribution >= 4 is 11.8 Å². The summed E-state index contributed by atoms with van der Waals surface area (Å²) in [6.07, 6.45) is 2.12. The third-order valence-corrected chi connectivity index (χ3v) is 4.26. The van der Waals surface area contributed by atoms with Crippen LogP contribution in [0.5, 0.6) is 0 Å². The molecule has 2 aliphatic heterocycles. The zero-order chi connectivity index (χ0) is 13.3. The number of piperidine rings is 2. The molecule has 4 atom stereocenters. The highest BCUT2D eigenvalue weighted by atomic mass is 16.2. The van der Waals surface area contributed by atoms with Gasteiger partial charge in [0.05, 0.1) is 6.04 Å². The smallest absolute Gasteiger partial charge is 0.243 e. The maximum absolute atomic E-state index is 11.7. The Morgan fingerprint density at radius 1 is 1.33 bits per heavy atom. The van der Waals surface area contributed by atoms with Gasteiger partial charge in [-0.3, -0.25) is 14.9 Å². The third-order valence-electron chi connectivity index (χ3n) is 4.26. The van der Waals surface area contributed by atoms with E-state index in [1.807, 2.05) is 0 Å². The lowest BCUT2D eigenvalue weighted by Crippen LogP contribution is -2.58. The van der Waals surface area contributed by atoms with Gasteiger partial charge in [0.25, 0.3) is 0 Å². The predicted molar refractivity (Wildman–Crippen MR) is 69.0 cm³/mol. The van der Waals surface area contributed by atoms with E-state index in [1.54, 1.807) is 0 Å². The SMILES string of the molecule is CC1CN(C)C(C)CC1NC1CCC(=O)NC1=O. The number of hydrogen-bond donors (Lipinski definition) is 2. The quantitative estimate of drug-likeness (QED) is 0.686. The zero-order valence-corrected chi connectivity index (χ0v) is 11.4. The first-order chi connectivity index (χ1) is 8.47. The molecule has 2 amide bonds. The number of hydrogen-bond acceptors (Lipinski definition) is 4. The molecule has 18 heavy (non-hydrogen) atoms. The van der Waals surface area contributed by atoms with E-state index < -0.39 is 0 Å². The fourth-order valence-electron chi connectivity index (χ4n) is 2.88. The molecule has 2 heterocycles. The van der Waals surface area contributed by atoms with Gasteiger partial charge in [-0.25, -0.2) is 0 Å². The number of nitrogens with one attached hydrogen (secondary N) is 2. The molecule has 0 aromatic rings. The van der Waals surface area contributed by atoms with Crippen molar-refractivity contribution in [3.8, 4) is 0 Å². The van der Waals surface area contributed by atoms with Crippen molar-refractivity contribution in [3.63, 3.8) is 0 Å². The number of carbonyl (C=O) groups is 2. The largest absolute Gasteiger partial charge is 0.303 e. The van der Waals surface area contributed by atoms with Crippen LogP contribution in [0.1, 0.15) is 33.1 Å². The highest BCUT2D eigenvalue weighted by molar-refractivity contribution is 6.00. The minimum absolute atomic E-state index is 0.150.